The van der Waals surface area contributed by atoms with Crippen LogP contribution in [0.15, 0.2) is 47.1 Å². The highest BCUT2D eigenvalue weighted by Gasteiger charge is 2.20. The van der Waals surface area contributed by atoms with Crippen LogP contribution in [-0.2, 0) is 11.3 Å². The zero-order valence-electron chi connectivity index (χ0n) is 15.9. The lowest BCUT2D eigenvalue weighted by atomic mass is 10.1. The van der Waals surface area contributed by atoms with Crippen LogP contribution < -0.4 is 24.3 Å². The van der Waals surface area contributed by atoms with Crippen molar-refractivity contribution in [3.8, 4) is 34.3 Å². The van der Waals surface area contributed by atoms with Gasteiger partial charge >= 0.3 is 0 Å². The van der Waals surface area contributed by atoms with Crippen molar-refractivity contribution in [1.29, 1.82) is 0 Å². The van der Waals surface area contributed by atoms with Crippen molar-refractivity contribution in [1.82, 2.24) is 15.6 Å². The van der Waals surface area contributed by atoms with Crippen molar-refractivity contribution in [2.75, 3.05) is 13.9 Å². The van der Waals surface area contributed by atoms with Crippen LogP contribution in [0.4, 0.5) is 0 Å². The maximum Gasteiger partial charge on any atom is 0.261 e. The maximum absolute atomic E-state index is 12.4. The molecule has 29 heavy (non-hydrogen) atoms. The van der Waals surface area contributed by atoms with Gasteiger partial charge in [-0.25, -0.2) is 4.63 Å². The van der Waals surface area contributed by atoms with Crippen molar-refractivity contribution in [2.24, 2.45) is 0 Å². The molecule has 1 amide bonds. The Kier molecular flexibility index (Phi) is 5.19. The lowest BCUT2D eigenvalue weighted by molar-refractivity contribution is -0.127. The van der Waals surface area contributed by atoms with Gasteiger partial charge in [0.1, 0.15) is 22.9 Å². The Bertz CT molecular complexity index is 1000. The molecule has 1 atom stereocenters. The third-order valence-corrected chi connectivity index (χ3v) is 4.38. The van der Waals surface area contributed by atoms with Crippen LogP contribution in [0, 0.1) is 0 Å². The molecule has 0 bridgehead atoms. The minimum Gasteiger partial charge on any atom is -0.497 e. The van der Waals surface area contributed by atoms with Crippen LogP contribution in [0.5, 0.6) is 23.0 Å². The van der Waals surface area contributed by atoms with E-state index in [1.807, 2.05) is 24.3 Å². The number of methoxy groups -OCH3 is 1. The van der Waals surface area contributed by atoms with Gasteiger partial charge in [0.2, 0.25) is 6.79 Å². The Balaban J connectivity index is 1.36. The number of amides is 1. The van der Waals surface area contributed by atoms with Gasteiger partial charge in [0.05, 0.1) is 13.7 Å². The van der Waals surface area contributed by atoms with E-state index in [9.17, 15) is 4.79 Å². The number of hydrogen-bond donors (Lipinski definition) is 1. The number of aromatic nitrogens is 2. The van der Waals surface area contributed by atoms with E-state index in [-0.39, 0.29) is 19.2 Å². The summed E-state index contributed by atoms with van der Waals surface area (Å²) in [5.41, 5.74) is 1.87. The van der Waals surface area contributed by atoms with Crippen LogP contribution in [0.1, 0.15) is 12.6 Å². The van der Waals surface area contributed by atoms with Gasteiger partial charge in [-0.15, -0.1) is 0 Å². The van der Waals surface area contributed by atoms with Gasteiger partial charge in [-0.3, -0.25) is 4.79 Å². The molecule has 0 aliphatic carbocycles. The molecule has 1 aliphatic heterocycles. The molecule has 0 radical (unpaired) electrons. The number of nitrogens with one attached hydrogen (secondary N) is 1. The van der Waals surface area contributed by atoms with Crippen LogP contribution in [-0.4, -0.2) is 36.2 Å². The summed E-state index contributed by atoms with van der Waals surface area (Å²) in [6.07, 6.45) is -0.723. The number of ether oxygens (including phenoxy) is 4. The van der Waals surface area contributed by atoms with Crippen molar-refractivity contribution in [3.63, 3.8) is 0 Å². The molecule has 1 N–H and O–H groups in total. The van der Waals surface area contributed by atoms with Gasteiger partial charge in [-0.2, -0.15) is 0 Å². The van der Waals surface area contributed by atoms with E-state index < -0.39 is 6.10 Å². The number of benzene rings is 2. The standard InChI is InChI=1S/C20H19N3O6/c1-12(28-15-7-8-17-18(9-15)27-11-26-17)20(24)21-10-16-19(23-29-22-16)13-3-5-14(25-2)6-4-13/h3-9,12H,10-11H2,1-2H3,(H,21,24). The summed E-state index contributed by atoms with van der Waals surface area (Å²) in [7, 11) is 1.60. The fraction of sp³-hybridized carbons (Fsp3) is 0.250. The second kappa shape index (κ2) is 8.09. The quantitative estimate of drug-likeness (QED) is 0.649. The molecule has 0 saturated heterocycles. The minimum absolute atomic E-state index is 0.151. The molecule has 9 heteroatoms. The highest BCUT2D eigenvalue weighted by molar-refractivity contribution is 5.80. The summed E-state index contributed by atoms with van der Waals surface area (Å²) in [6.45, 7) is 1.99. The number of fused-ring (bicyclic) bond motifs is 1. The van der Waals surface area contributed by atoms with Crippen LogP contribution in [0.2, 0.25) is 0 Å². The highest BCUT2D eigenvalue weighted by atomic mass is 16.7. The third kappa shape index (κ3) is 4.08. The first-order valence-electron chi connectivity index (χ1n) is 8.94. The molecule has 0 fully saturated rings. The summed E-state index contributed by atoms with van der Waals surface area (Å²) in [6, 6.07) is 12.5. The Hall–Kier alpha value is -3.75. The smallest absolute Gasteiger partial charge is 0.261 e. The fourth-order valence-electron chi connectivity index (χ4n) is 2.81. The van der Waals surface area contributed by atoms with Crippen molar-refractivity contribution < 1.29 is 28.4 Å². The zero-order chi connectivity index (χ0) is 20.2. The van der Waals surface area contributed by atoms with E-state index in [0.717, 1.165) is 11.3 Å². The van der Waals surface area contributed by atoms with Gasteiger partial charge in [-0.05, 0) is 48.5 Å². The topological polar surface area (TPSA) is 105 Å². The molecule has 4 rings (SSSR count). The fourth-order valence-corrected chi connectivity index (χ4v) is 2.81. The maximum atomic E-state index is 12.4. The Morgan fingerprint density at radius 2 is 1.86 bits per heavy atom. The molecule has 3 aromatic rings. The average Bonchev–Trinajstić information content (AvgIpc) is 3.41. The van der Waals surface area contributed by atoms with E-state index >= 15 is 0 Å². The molecule has 2 heterocycles. The molecular weight excluding hydrogens is 378 g/mol. The lowest BCUT2D eigenvalue weighted by Gasteiger charge is -2.14. The van der Waals surface area contributed by atoms with Gasteiger partial charge in [-0.1, -0.05) is 5.16 Å². The van der Waals surface area contributed by atoms with Crippen molar-refractivity contribution in [2.45, 2.75) is 19.6 Å². The van der Waals surface area contributed by atoms with Crippen molar-refractivity contribution in [3.05, 3.63) is 48.2 Å². The number of nitrogens with zero attached hydrogens (tertiary/aromatic N) is 2. The van der Waals surface area contributed by atoms with Gasteiger partial charge in [0.25, 0.3) is 5.91 Å². The monoisotopic (exact) mass is 397 g/mol. The SMILES string of the molecule is COc1ccc(-c2nonc2CNC(=O)C(C)Oc2ccc3c(c2)OCO3)cc1. The van der Waals surface area contributed by atoms with Crippen LogP contribution in [0.25, 0.3) is 11.3 Å². The molecule has 9 nitrogen and oxygen atoms in total. The number of carbonyl (C=O) groups excluding carboxylic acids is 1. The average molecular weight is 397 g/mol. The molecule has 150 valence electrons. The second-order valence-electron chi connectivity index (χ2n) is 6.28. The number of hydrogen-bond acceptors (Lipinski definition) is 8. The van der Waals surface area contributed by atoms with Crippen molar-refractivity contribution >= 4 is 5.91 Å². The summed E-state index contributed by atoms with van der Waals surface area (Å²) in [4.78, 5) is 12.4. The van der Waals surface area contributed by atoms with E-state index in [1.54, 1.807) is 32.2 Å². The normalized spacial score (nSPS) is 13.0. The number of rotatable bonds is 7. The predicted octanol–water partition coefficient (Wildman–Crippen LogP) is 2.56. The zero-order valence-corrected chi connectivity index (χ0v) is 15.9. The molecule has 1 aliphatic rings. The van der Waals surface area contributed by atoms with E-state index in [0.29, 0.717) is 28.6 Å². The minimum atomic E-state index is -0.723. The first-order chi connectivity index (χ1) is 14.1. The summed E-state index contributed by atoms with van der Waals surface area (Å²) >= 11 is 0. The molecule has 2 aromatic carbocycles. The summed E-state index contributed by atoms with van der Waals surface area (Å²) in [5, 5.41) is 10.6. The van der Waals surface area contributed by atoms with Gasteiger partial charge in [0, 0.05) is 11.6 Å². The van der Waals surface area contributed by atoms with E-state index in [1.165, 1.54) is 0 Å². The Labute approximate surface area is 166 Å². The molecular formula is C20H19N3O6. The lowest BCUT2D eigenvalue weighted by Crippen LogP contribution is -2.36. The van der Waals surface area contributed by atoms with Crippen LogP contribution in [0.3, 0.4) is 0 Å². The second-order valence-corrected chi connectivity index (χ2v) is 6.28. The summed E-state index contributed by atoms with van der Waals surface area (Å²) < 4.78 is 26.3. The van der Waals surface area contributed by atoms with Gasteiger partial charge < -0.3 is 24.3 Å². The predicted molar refractivity (Wildman–Crippen MR) is 101 cm³/mol. The summed E-state index contributed by atoms with van der Waals surface area (Å²) in [5.74, 6) is 2.19. The molecule has 0 saturated carbocycles. The number of carbonyl (C=O) groups is 1. The molecule has 1 unspecified atom stereocenters. The first-order valence-corrected chi connectivity index (χ1v) is 8.94. The third-order valence-electron chi connectivity index (χ3n) is 4.38. The largest absolute Gasteiger partial charge is 0.497 e. The molecule has 1 aromatic heterocycles. The Morgan fingerprint density at radius 3 is 2.66 bits per heavy atom. The molecule has 0 spiro atoms. The first kappa shape index (κ1) is 18.6. The van der Waals surface area contributed by atoms with E-state index in [4.69, 9.17) is 23.6 Å². The van der Waals surface area contributed by atoms with Crippen LogP contribution >= 0.6 is 0 Å². The van der Waals surface area contributed by atoms with Gasteiger partial charge in [0.15, 0.2) is 17.6 Å². The van der Waals surface area contributed by atoms with E-state index in [2.05, 4.69) is 15.6 Å². The highest BCUT2D eigenvalue weighted by Crippen LogP contribution is 2.35. The Morgan fingerprint density at radius 1 is 1.10 bits per heavy atom.